The summed E-state index contributed by atoms with van der Waals surface area (Å²) in [6, 6.07) is 7.29. The van der Waals surface area contributed by atoms with Crippen LogP contribution in [0.4, 0.5) is 0 Å². The Labute approximate surface area is 140 Å². The van der Waals surface area contributed by atoms with E-state index in [1.807, 2.05) is 31.2 Å². The van der Waals surface area contributed by atoms with E-state index in [1.165, 1.54) is 12.0 Å². The highest BCUT2D eigenvalue weighted by Gasteiger charge is 2.40. The average Bonchev–Trinajstić information content (AvgIpc) is 2.89. The lowest BCUT2D eigenvalue weighted by Gasteiger charge is -2.20. The lowest BCUT2D eigenvalue weighted by atomic mass is 10.2. The SMILES string of the molecule is CCOC(=O)[C@H]1CC(OC(C)=O)CN1OSc1ccc(C)cc1. The molecule has 1 aromatic rings. The first-order valence-electron chi connectivity index (χ1n) is 7.51. The van der Waals surface area contributed by atoms with Gasteiger partial charge >= 0.3 is 11.9 Å². The van der Waals surface area contributed by atoms with E-state index in [9.17, 15) is 9.59 Å². The molecule has 1 fully saturated rings. The maximum atomic E-state index is 12.0. The van der Waals surface area contributed by atoms with Crippen molar-refractivity contribution in [3.8, 4) is 0 Å². The molecule has 0 N–H and O–H groups in total. The number of carbonyl (C=O) groups excluding carboxylic acids is 2. The monoisotopic (exact) mass is 339 g/mol. The summed E-state index contributed by atoms with van der Waals surface area (Å²) < 4.78 is 15.9. The zero-order valence-electron chi connectivity index (χ0n) is 13.5. The molecule has 7 heteroatoms. The van der Waals surface area contributed by atoms with Gasteiger partial charge in [0.05, 0.1) is 25.2 Å². The van der Waals surface area contributed by atoms with Crippen LogP contribution in [0.2, 0.25) is 0 Å². The molecule has 2 atom stereocenters. The number of esters is 2. The minimum atomic E-state index is -0.572. The highest BCUT2D eigenvalue weighted by molar-refractivity contribution is 7.94. The van der Waals surface area contributed by atoms with Gasteiger partial charge in [0.2, 0.25) is 0 Å². The summed E-state index contributed by atoms with van der Waals surface area (Å²) in [4.78, 5) is 24.1. The van der Waals surface area contributed by atoms with Gasteiger partial charge in [-0.3, -0.25) is 9.59 Å². The number of hydrogen-bond donors (Lipinski definition) is 0. The summed E-state index contributed by atoms with van der Waals surface area (Å²) in [6.45, 7) is 5.75. The van der Waals surface area contributed by atoms with E-state index in [0.29, 0.717) is 19.6 Å². The normalized spacial score (nSPS) is 21.2. The molecule has 1 aliphatic heterocycles. The zero-order chi connectivity index (χ0) is 16.8. The maximum absolute atomic E-state index is 12.0. The molecule has 0 aliphatic carbocycles. The molecule has 1 saturated heterocycles. The molecule has 0 spiro atoms. The van der Waals surface area contributed by atoms with Gasteiger partial charge in [-0.1, -0.05) is 17.7 Å². The van der Waals surface area contributed by atoms with Crippen LogP contribution >= 0.6 is 12.0 Å². The highest BCUT2D eigenvalue weighted by Crippen LogP contribution is 2.28. The van der Waals surface area contributed by atoms with Gasteiger partial charge in [-0.05, 0) is 26.0 Å². The van der Waals surface area contributed by atoms with E-state index < -0.39 is 6.04 Å². The van der Waals surface area contributed by atoms with Crippen molar-refractivity contribution in [2.75, 3.05) is 13.2 Å². The van der Waals surface area contributed by atoms with Gasteiger partial charge in [-0.15, -0.1) is 0 Å². The Morgan fingerprint density at radius 1 is 1.30 bits per heavy atom. The third-order valence-electron chi connectivity index (χ3n) is 3.36. The lowest BCUT2D eigenvalue weighted by Crippen LogP contribution is -2.36. The Bertz CT molecular complexity index is 548. The van der Waals surface area contributed by atoms with Crippen molar-refractivity contribution in [1.82, 2.24) is 5.06 Å². The number of hydroxylamine groups is 2. The molecule has 0 bridgehead atoms. The summed E-state index contributed by atoms with van der Waals surface area (Å²) >= 11 is 1.16. The van der Waals surface area contributed by atoms with Gasteiger partial charge in [0.25, 0.3) is 0 Å². The second kappa shape index (κ2) is 8.33. The predicted octanol–water partition coefficient (Wildman–Crippen LogP) is 2.50. The first-order valence-corrected chi connectivity index (χ1v) is 8.25. The second-order valence-corrected chi connectivity index (χ2v) is 6.09. The van der Waals surface area contributed by atoms with Gasteiger partial charge in [0.15, 0.2) is 0 Å². The summed E-state index contributed by atoms with van der Waals surface area (Å²) in [6.07, 6.45) is -0.00659. The predicted molar refractivity (Wildman–Crippen MR) is 85.4 cm³/mol. The number of carbonyl (C=O) groups is 2. The van der Waals surface area contributed by atoms with E-state index in [-0.39, 0.29) is 18.0 Å². The smallest absolute Gasteiger partial charge is 0.325 e. The van der Waals surface area contributed by atoms with E-state index in [0.717, 1.165) is 22.5 Å². The maximum Gasteiger partial charge on any atom is 0.325 e. The molecule has 0 aromatic heterocycles. The fraction of sp³-hybridized carbons (Fsp3) is 0.500. The first-order chi connectivity index (χ1) is 11.0. The molecule has 126 valence electrons. The number of ether oxygens (including phenoxy) is 2. The summed E-state index contributed by atoms with van der Waals surface area (Å²) in [5.41, 5.74) is 1.16. The molecule has 1 heterocycles. The topological polar surface area (TPSA) is 65.1 Å². The first kappa shape index (κ1) is 17.8. The second-order valence-electron chi connectivity index (χ2n) is 5.31. The third-order valence-corrected chi connectivity index (χ3v) is 4.09. The third kappa shape index (κ3) is 5.23. The quantitative estimate of drug-likeness (QED) is 0.583. The number of hydrogen-bond acceptors (Lipinski definition) is 7. The van der Waals surface area contributed by atoms with Crippen molar-refractivity contribution in [3.63, 3.8) is 0 Å². The molecule has 0 saturated carbocycles. The molecule has 6 nitrogen and oxygen atoms in total. The number of rotatable bonds is 6. The molecule has 23 heavy (non-hydrogen) atoms. The van der Waals surface area contributed by atoms with E-state index >= 15 is 0 Å². The van der Waals surface area contributed by atoms with Crippen molar-refractivity contribution in [2.24, 2.45) is 0 Å². The molecule has 1 unspecified atom stereocenters. The Kier molecular flexibility index (Phi) is 6.44. The van der Waals surface area contributed by atoms with Crippen LogP contribution in [0.3, 0.4) is 0 Å². The fourth-order valence-corrected chi connectivity index (χ4v) is 2.90. The van der Waals surface area contributed by atoms with Crippen LogP contribution in [-0.2, 0) is 23.3 Å². The van der Waals surface area contributed by atoms with Gasteiger partial charge in [-0.25, -0.2) is 4.28 Å². The summed E-state index contributed by atoms with van der Waals surface area (Å²) in [5, 5.41) is 1.52. The highest BCUT2D eigenvalue weighted by atomic mass is 32.2. The van der Waals surface area contributed by atoms with E-state index in [2.05, 4.69) is 0 Å². The van der Waals surface area contributed by atoms with Crippen molar-refractivity contribution in [3.05, 3.63) is 29.8 Å². The van der Waals surface area contributed by atoms with E-state index in [1.54, 1.807) is 6.92 Å². The zero-order valence-corrected chi connectivity index (χ0v) is 14.3. The molecular weight excluding hydrogens is 318 g/mol. The largest absolute Gasteiger partial charge is 0.465 e. The molecule has 0 radical (unpaired) electrons. The van der Waals surface area contributed by atoms with Crippen LogP contribution in [0, 0.1) is 6.92 Å². The number of aryl methyl sites for hydroxylation is 1. The standard InChI is InChI=1S/C16H21NO5S/c1-4-20-16(19)15-9-13(21-12(3)18)10-17(15)22-23-14-7-5-11(2)6-8-14/h5-8,13,15H,4,9-10H2,1-3H3/t13?,15-/m1/s1. The average molecular weight is 339 g/mol. The van der Waals surface area contributed by atoms with Crippen LogP contribution in [0.1, 0.15) is 25.8 Å². The molecular formula is C16H21NO5S. The van der Waals surface area contributed by atoms with Crippen LogP contribution < -0.4 is 0 Å². The Balaban J connectivity index is 1.98. The van der Waals surface area contributed by atoms with Crippen LogP contribution in [0.15, 0.2) is 29.2 Å². The summed E-state index contributed by atoms with van der Waals surface area (Å²) in [5.74, 6) is -0.739. The fourth-order valence-electron chi connectivity index (χ4n) is 2.31. The van der Waals surface area contributed by atoms with Crippen LogP contribution in [-0.4, -0.2) is 42.3 Å². The molecule has 1 aliphatic rings. The minimum absolute atomic E-state index is 0.298. The van der Waals surface area contributed by atoms with Crippen LogP contribution in [0.25, 0.3) is 0 Å². The van der Waals surface area contributed by atoms with E-state index in [4.69, 9.17) is 13.8 Å². The number of nitrogens with zero attached hydrogens (tertiary/aromatic N) is 1. The van der Waals surface area contributed by atoms with Crippen molar-refractivity contribution >= 4 is 24.0 Å². The van der Waals surface area contributed by atoms with Crippen LogP contribution in [0.5, 0.6) is 0 Å². The van der Waals surface area contributed by atoms with Gasteiger partial charge in [0.1, 0.15) is 12.1 Å². The molecule has 0 amide bonds. The Morgan fingerprint density at radius 2 is 2.00 bits per heavy atom. The Hall–Kier alpha value is -1.57. The number of benzene rings is 1. The van der Waals surface area contributed by atoms with Crippen molar-refractivity contribution in [1.29, 1.82) is 0 Å². The molecule has 2 rings (SSSR count). The lowest BCUT2D eigenvalue weighted by molar-refractivity contribution is -0.158. The molecule has 1 aromatic carbocycles. The minimum Gasteiger partial charge on any atom is -0.465 e. The van der Waals surface area contributed by atoms with Crippen molar-refractivity contribution < 1.29 is 23.3 Å². The van der Waals surface area contributed by atoms with Gasteiger partial charge < -0.3 is 9.47 Å². The summed E-state index contributed by atoms with van der Waals surface area (Å²) in [7, 11) is 0. The Morgan fingerprint density at radius 3 is 2.61 bits per heavy atom. The van der Waals surface area contributed by atoms with Crippen molar-refractivity contribution in [2.45, 2.75) is 44.2 Å². The van der Waals surface area contributed by atoms with Gasteiger partial charge in [-0.2, -0.15) is 5.06 Å². The van der Waals surface area contributed by atoms with Gasteiger partial charge in [0, 0.05) is 18.2 Å².